The Labute approximate surface area is 123 Å². The largest absolute Gasteiger partial charge is 0.380 e. The van der Waals surface area contributed by atoms with Crippen molar-refractivity contribution in [2.75, 3.05) is 5.32 Å². The number of nitrogens with zero attached hydrogens (tertiary/aromatic N) is 1. The second kappa shape index (κ2) is 6.03. The minimum Gasteiger partial charge on any atom is -0.380 e. The van der Waals surface area contributed by atoms with E-state index in [0.29, 0.717) is 5.56 Å². The van der Waals surface area contributed by atoms with Crippen molar-refractivity contribution in [3.63, 3.8) is 0 Å². The molecule has 2 rings (SSSR count). The zero-order valence-corrected chi connectivity index (χ0v) is 12.6. The lowest BCUT2D eigenvalue weighted by molar-refractivity contribution is 1.14. The molecule has 0 heterocycles. The van der Waals surface area contributed by atoms with E-state index in [2.05, 4.69) is 43.2 Å². The van der Waals surface area contributed by atoms with Crippen molar-refractivity contribution < 1.29 is 0 Å². The first kappa shape index (κ1) is 13.1. The van der Waals surface area contributed by atoms with Gasteiger partial charge in [-0.3, -0.25) is 0 Å². The third-order valence-electron chi connectivity index (χ3n) is 2.49. The van der Waals surface area contributed by atoms with Gasteiger partial charge in [-0.15, -0.1) is 0 Å². The summed E-state index contributed by atoms with van der Waals surface area (Å²) < 4.78 is 2.06. The molecule has 0 bridgehead atoms. The summed E-state index contributed by atoms with van der Waals surface area (Å²) in [6.45, 7) is 0.723. The van der Waals surface area contributed by atoms with Gasteiger partial charge in [-0.05, 0) is 51.8 Å². The van der Waals surface area contributed by atoms with Crippen LogP contribution in [0.3, 0.4) is 0 Å². The zero-order chi connectivity index (χ0) is 13.0. The van der Waals surface area contributed by atoms with Gasteiger partial charge < -0.3 is 5.32 Å². The first-order valence-corrected chi connectivity index (χ1v) is 6.95. The predicted molar refractivity (Wildman–Crippen MR) is 80.3 cm³/mol. The highest BCUT2D eigenvalue weighted by Gasteiger charge is 2.00. The molecule has 0 aliphatic rings. The van der Waals surface area contributed by atoms with Gasteiger partial charge >= 0.3 is 0 Å². The first-order valence-electron chi connectivity index (χ1n) is 5.37. The Bertz CT molecular complexity index is 586. The molecule has 1 N–H and O–H groups in total. The van der Waals surface area contributed by atoms with Gasteiger partial charge in [0.05, 0.1) is 11.6 Å². The maximum absolute atomic E-state index is 8.73. The molecule has 0 saturated heterocycles. The molecule has 2 aromatic carbocycles. The molecule has 90 valence electrons. The average molecular weight is 366 g/mol. The summed E-state index contributed by atoms with van der Waals surface area (Å²) in [6.07, 6.45) is 0. The summed E-state index contributed by atoms with van der Waals surface area (Å²) in [6, 6.07) is 15.7. The number of nitriles is 1. The molecule has 2 aromatic rings. The van der Waals surface area contributed by atoms with Crippen molar-refractivity contribution in [3.05, 3.63) is 62.5 Å². The number of rotatable bonds is 3. The van der Waals surface area contributed by atoms with Crippen molar-refractivity contribution in [1.82, 2.24) is 0 Å². The third kappa shape index (κ3) is 3.34. The minimum absolute atomic E-state index is 0.683. The summed E-state index contributed by atoms with van der Waals surface area (Å²) in [5.74, 6) is 0. The quantitative estimate of drug-likeness (QED) is 0.855. The van der Waals surface area contributed by atoms with Gasteiger partial charge in [0, 0.05) is 21.2 Å². The van der Waals surface area contributed by atoms with Gasteiger partial charge in [0.1, 0.15) is 0 Å². The van der Waals surface area contributed by atoms with Crippen molar-refractivity contribution in [3.8, 4) is 6.07 Å². The first-order chi connectivity index (χ1) is 8.69. The number of hydrogen-bond donors (Lipinski definition) is 1. The fourth-order valence-corrected chi connectivity index (χ4v) is 2.28. The SMILES string of the molecule is N#Cc1ccc(CNc2cc(Br)ccc2Br)cc1. The van der Waals surface area contributed by atoms with Crippen LogP contribution in [0.25, 0.3) is 0 Å². The smallest absolute Gasteiger partial charge is 0.0991 e. The van der Waals surface area contributed by atoms with Crippen LogP contribution >= 0.6 is 31.9 Å². The molecule has 0 radical (unpaired) electrons. The Kier molecular flexibility index (Phi) is 4.40. The van der Waals surface area contributed by atoms with Gasteiger partial charge in [-0.1, -0.05) is 28.1 Å². The Balaban J connectivity index is 2.07. The molecule has 0 aliphatic carbocycles. The maximum Gasteiger partial charge on any atom is 0.0991 e. The Hall–Kier alpha value is -1.31. The molecule has 0 amide bonds. The fourth-order valence-electron chi connectivity index (χ4n) is 1.53. The van der Waals surface area contributed by atoms with E-state index in [9.17, 15) is 0 Å². The lowest BCUT2D eigenvalue weighted by atomic mass is 10.1. The summed E-state index contributed by atoms with van der Waals surface area (Å²) in [5, 5.41) is 12.1. The monoisotopic (exact) mass is 364 g/mol. The molecule has 0 unspecified atom stereocenters. The van der Waals surface area contributed by atoms with Crippen LogP contribution in [0, 0.1) is 11.3 Å². The van der Waals surface area contributed by atoms with Crippen LogP contribution in [0.15, 0.2) is 51.4 Å². The summed E-state index contributed by atoms with van der Waals surface area (Å²) in [7, 11) is 0. The van der Waals surface area contributed by atoms with Crippen molar-refractivity contribution in [1.29, 1.82) is 5.26 Å². The second-order valence-corrected chi connectivity index (χ2v) is 5.56. The van der Waals surface area contributed by atoms with Crippen LogP contribution in [-0.4, -0.2) is 0 Å². The van der Waals surface area contributed by atoms with Gasteiger partial charge in [0.25, 0.3) is 0 Å². The van der Waals surface area contributed by atoms with E-state index in [-0.39, 0.29) is 0 Å². The van der Waals surface area contributed by atoms with E-state index >= 15 is 0 Å². The lowest BCUT2D eigenvalue weighted by Crippen LogP contribution is -2.00. The van der Waals surface area contributed by atoms with Crippen LogP contribution in [0.2, 0.25) is 0 Å². The van der Waals surface area contributed by atoms with Crippen molar-refractivity contribution >= 4 is 37.5 Å². The lowest BCUT2D eigenvalue weighted by Gasteiger charge is -2.09. The predicted octanol–water partition coefficient (Wildman–Crippen LogP) is 4.70. The van der Waals surface area contributed by atoms with Crippen LogP contribution in [0.1, 0.15) is 11.1 Å². The molecular weight excluding hydrogens is 356 g/mol. The maximum atomic E-state index is 8.73. The highest BCUT2D eigenvalue weighted by Crippen LogP contribution is 2.26. The molecular formula is C14H10Br2N2. The Morgan fingerprint density at radius 3 is 2.44 bits per heavy atom. The van der Waals surface area contributed by atoms with E-state index in [1.165, 1.54) is 0 Å². The molecule has 18 heavy (non-hydrogen) atoms. The highest BCUT2D eigenvalue weighted by molar-refractivity contribution is 9.11. The highest BCUT2D eigenvalue weighted by atomic mass is 79.9. The second-order valence-electron chi connectivity index (χ2n) is 3.79. The topological polar surface area (TPSA) is 35.8 Å². The number of hydrogen-bond acceptors (Lipinski definition) is 2. The van der Waals surface area contributed by atoms with Crippen molar-refractivity contribution in [2.45, 2.75) is 6.54 Å². The molecule has 0 aromatic heterocycles. The summed E-state index contributed by atoms with van der Waals surface area (Å²) in [5.41, 5.74) is 2.86. The molecule has 0 saturated carbocycles. The standard InChI is InChI=1S/C14H10Br2N2/c15-12-5-6-13(16)14(7-12)18-9-11-3-1-10(8-17)2-4-11/h1-7,18H,9H2. The van der Waals surface area contributed by atoms with Crippen LogP contribution in [0.4, 0.5) is 5.69 Å². The molecule has 0 aliphatic heterocycles. The Morgan fingerprint density at radius 2 is 1.78 bits per heavy atom. The van der Waals surface area contributed by atoms with E-state index in [0.717, 1.165) is 26.7 Å². The zero-order valence-electron chi connectivity index (χ0n) is 9.45. The summed E-state index contributed by atoms with van der Waals surface area (Å²) >= 11 is 6.94. The van der Waals surface area contributed by atoms with Crippen LogP contribution < -0.4 is 5.32 Å². The molecule has 0 fully saturated rings. The third-order valence-corrected chi connectivity index (χ3v) is 3.68. The van der Waals surface area contributed by atoms with Crippen molar-refractivity contribution in [2.24, 2.45) is 0 Å². The normalized spacial score (nSPS) is 9.83. The summed E-state index contributed by atoms with van der Waals surface area (Å²) in [4.78, 5) is 0. The minimum atomic E-state index is 0.683. The van der Waals surface area contributed by atoms with Crippen LogP contribution in [0.5, 0.6) is 0 Å². The van der Waals surface area contributed by atoms with E-state index in [4.69, 9.17) is 5.26 Å². The van der Waals surface area contributed by atoms with E-state index in [1.54, 1.807) is 0 Å². The number of anilines is 1. The molecule has 2 nitrogen and oxygen atoms in total. The molecule has 0 spiro atoms. The van der Waals surface area contributed by atoms with Crippen LogP contribution in [-0.2, 0) is 6.54 Å². The van der Waals surface area contributed by atoms with Gasteiger partial charge in [-0.2, -0.15) is 5.26 Å². The number of halogens is 2. The van der Waals surface area contributed by atoms with Gasteiger partial charge in [-0.25, -0.2) is 0 Å². The number of benzene rings is 2. The molecule has 4 heteroatoms. The molecule has 0 atom stereocenters. The van der Waals surface area contributed by atoms with E-state index < -0.39 is 0 Å². The van der Waals surface area contributed by atoms with Gasteiger partial charge in [0.15, 0.2) is 0 Å². The Morgan fingerprint density at radius 1 is 1.06 bits per heavy atom. The average Bonchev–Trinajstić information content (AvgIpc) is 2.40. The number of nitrogens with one attached hydrogen (secondary N) is 1. The fraction of sp³-hybridized carbons (Fsp3) is 0.0714. The van der Waals surface area contributed by atoms with E-state index in [1.807, 2.05) is 42.5 Å². The van der Waals surface area contributed by atoms with Gasteiger partial charge in [0.2, 0.25) is 0 Å².